The molecule has 0 aliphatic carbocycles. The Bertz CT molecular complexity index is 1360. The Morgan fingerprint density at radius 1 is 1.05 bits per heavy atom. The van der Waals surface area contributed by atoms with Crippen LogP contribution in [0.3, 0.4) is 0 Å². The number of benzene rings is 3. The smallest absolute Gasteiger partial charge is 0.352 e. The fourth-order valence-electron chi connectivity index (χ4n) is 4.25. The SMILES string of the molecule is CCCCOc1ccccc1C1C(C#N)=C(N)Oc2cc(OC(=O)C(C)Oc3ccc(CC)cc3)ccc21. The van der Waals surface area contributed by atoms with E-state index in [0.717, 1.165) is 30.4 Å². The summed E-state index contributed by atoms with van der Waals surface area (Å²) in [7, 11) is 0. The summed E-state index contributed by atoms with van der Waals surface area (Å²) in [6, 6.07) is 22.5. The third-order valence-corrected chi connectivity index (χ3v) is 6.37. The van der Waals surface area contributed by atoms with Crippen molar-refractivity contribution in [1.29, 1.82) is 5.26 Å². The van der Waals surface area contributed by atoms with E-state index in [1.807, 2.05) is 48.5 Å². The maximum atomic E-state index is 12.7. The number of esters is 1. The first-order chi connectivity index (χ1) is 18.4. The average molecular weight is 513 g/mol. The van der Waals surface area contributed by atoms with E-state index >= 15 is 0 Å². The lowest BCUT2D eigenvalue weighted by atomic mass is 9.83. The standard InChI is InChI=1S/C31H32N2O5/c1-4-6-17-35-27-10-8-7-9-24(27)29-25-16-15-23(18-28(25)38-30(33)26(29)19-32)37-31(34)20(3)36-22-13-11-21(5-2)12-14-22/h7-16,18,20,29H,4-6,17,33H2,1-3H3. The van der Waals surface area contributed by atoms with Gasteiger partial charge in [-0.15, -0.1) is 0 Å². The molecule has 7 nitrogen and oxygen atoms in total. The number of rotatable bonds is 10. The molecule has 1 aliphatic rings. The van der Waals surface area contributed by atoms with Crippen molar-refractivity contribution in [3.05, 3.63) is 94.9 Å². The van der Waals surface area contributed by atoms with Gasteiger partial charge in [0.2, 0.25) is 5.88 Å². The van der Waals surface area contributed by atoms with Crippen molar-refractivity contribution in [3.63, 3.8) is 0 Å². The van der Waals surface area contributed by atoms with Gasteiger partial charge in [0.1, 0.15) is 34.6 Å². The lowest BCUT2D eigenvalue weighted by Crippen LogP contribution is -2.28. The number of allylic oxidation sites excluding steroid dienone is 1. The Labute approximate surface area is 223 Å². The molecule has 3 aromatic rings. The van der Waals surface area contributed by atoms with Crippen LogP contribution in [0.25, 0.3) is 0 Å². The predicted molar refractivity (Wildman–Crippen MR) is 144 cm³/mol. The molecule has 3 aromatic carbocycles. The number of unbranched alkanes of at least 4 members (excludes halogenated alkanes) is 1. The van der Waals surface area contributed by atoms with Crippen LogP contribution >= 0.6 is 0 Å². The van der Waals surface area contributed by atoms with E-state index in [1.165, 1.54) is 5.56 Å². The molecule has 0 saturated carbocycles. The fourth-order valence-corrected chi connectivity index (χ4v) is 4.25. The largest absolute Gasteiger partial charge is 0.493 e. The van der Waals surface area contributed by atoms with Gasteiger partial charge in [-0.2, -0.15) is 5.26 Å². The third-order valence-electron chi connectivity index (χ3n) is 6.37. The van der Waals surface area contributed by atoms with Crippen LogP contribution < -0.4 is 24.7 Å². The van der Waals surface area contributed by atoms with Crippen LogP contribution in [0.2, 0.25) is 0 Å². The highest BCUT2D eigenvalue weighted by Gasteiger charge is 2.33. The van der Waals surface area contributed by atoms with Crippen molar-refractivity contribution in [1.82, 2.24) is 0 Å². The van der Waals surface area contributed by atoms with E-state index < -0.39 is 18.0 Å². The summed E-state index contributed by atoms with van der Waals surface area (Å²) in [6.45, 7) is 6.38. The van der Waals surface area contributed by atoms with Gasteiger partial charge in [0.25, 0.3) is 0 Å². The quantitative estimate of drug-likeness (QED) is 0.201. The van der Waals surface area contributed by atoms with E-state index in [4.69, 9.17) is 24.7 Å². The van der Waals surface area contributed by atoms with Crippen LogP contribution in [0.1, 0.15) is 56.2 Å². The van der Waals surface area contributed by atoms with Gasteiger partial charge < -0.3 is 24.7 Å². The molecule has 7 heteroatoms. The van der Waals surface area contributed by atoms with Crippen LogP contribution in [0.15, 0.2) is 78.2 Å². The van der Waals surface area contributed by atoms with Gasteiger partial charge >= 0.3 is 5.97 Å². The molecule has 196 valence electrons. The molecule has 0 amide bonds. The first-order valence-electron chi connectivity index (χ1n) is 12.9. The van der Waals surface area contributed by atoms with Gasteiger partial charge in [-0.1, -0.05) is 56.7 Å². The molecular weight excluding hydrogens is 480 g/mol. The Kier molecular flexibility index (Phi) is 8.55. The Balaban J connectivity index is 1.56. The normalized spacial score (nSPS) is 15.1. The number of nitriles is 1. The predicted octanol–water partition coefficient (Wildman–Crippen LogP) is 6.02. The van der Waals surface area contributed by atoms with Crippen molar-refractivity contribution in [2.75, 3.05) is 6.61 Å². The first kappa shape index (κ1) is 26.6. The average Bonchev–Trinajstić information content (AvgIpc) is 2.93. The zero-order chi connectivity index (χ0) is 27.1. The summed E-state index contributed by atoms with van der Waals surface area (Å²) < 4.78 is 23.2. The Morgan fingerprint density at radius 3 is 2.50 bits per heavy atom. The molecule has 1 heterocycles. The molecule has 1 aliphatic heterocycles. The minimum atomic E-state index is -0.825. The third kappa shape index (κ3) is 5.92. The number of hydrogen-bond acceptors (Lipinski definition) is 7. The second-order valence-corrected chi connectivity index (χ2v) is 9.04. The minimum Gasteiger partial charge on any atom is -0.493 e. The number of nitrogens with zero attached hydrogens (tertiary/aromatic N) is 1. The van der Waals surface area contributed by atoms with Crippen molar-refractivity contribution >= 4 is 5.97 Å². The first-order valence-corrected chi connectivity index (χ1v) is 12.9. The summed E-state index contributed by atoms with van der Waals surface area (Å²) >= 11 is 0. The topological polar surface area (TPSA) is 104 Å². The Morgan fingerprint density at radius 2 is 1.79 bits per heavy atom. The van der Waals surface area contributed by atoms with Gasteiger partial charge in [0, 0.05) is 17.2 Å². The van der Waals surface area contributed by atoms with Crippen LogP contribution in [-0.2, 0) is 11.2 Å². The molecule has 0 bridgehead atoms. The molecule has 0 aromatic heterocycles. The number of para-hydroxylation sites is 1. The summed E-state index contributed by atoms with van der Waals surface area (Å²) in [5.74, 6) is 0.934. The molecular formula is C31H32N2O5. The van der Waals surface area contributed by atoms with Gasteiger partial charge in [-0.3, -0.25) is 0 Å². The Hall–Kier alpha value is -4.44. The minimum absolute atomic E-state index is 0.00376. The molecule has 0 saturated heterocycles. The zero-order valence-electron chi connectivity index (χ0n) is 21.9. The van der Waals surface area contributed by atoms with Crippen LogP contribution in [-0.4, -0.2) is 18.7 Å². The molecule has 2 unspecified atom stereocenters. The highest BCUT2D eigenvalue weighted by Crippen LogP contribution is 2.46. The van der Waals surface area contributed by atoms with Gasteiger partial charge in [0.15, 0.2) is 6.10 Å². The molecule has 4 rings (SSSR count). The highest BCUT2D eigenvalue weighted by molar-refractivity contribution is 5.77. The van der Waals surface area contributed by atoms with E-state index in [1.54, 1.807) is 25.1 Å². The second-order valence-electron chi connectivity index (χ2n) is 9.04. The van der Waals surface area contributed by atoms with E-state index in [2.05, 4.69) is 19.9 Å². The molecule has 2 N–H and O–H groups in total. The van der Waals surface area contributed by atoms with Gasteiger partial charge in [0.05, 0.1) is 12.5 Å². The number of hydrogen-bond donors (Lipinski definition) is 1. The summed E-state index contributed by atoms with van der Waals surface area (Å²) in [4.78, 5) is 12.7. The number of nitrogens with two attached hydrogens (primary N) is 1. The molecule has 38 heavy (non-hydrogen) atoms. The zero-order valence-corrected chi connectivity index (χ0v) is 21.9. The van der Waals surface area contributed by atoms with Crippen LogP contribution in [0.4, 0.5) is 0 Å². The van der Waals surface area contributed by atoms with E-state index in [9.17, 15) is 10.1 Å². The second kappa shape index (κ2) is 12.2. The number of carbonyl (C=O) groups is 1. The monoisotopic (exact) mass is 512 g/mol. The van der Waals surface area contributed by atoms with Crippen molar-refractivity contribution in [3.8, 4) is 29.1 Å². The maximum absolute atomic E-state index is 12.7. The number of carbonyl (C=O) groups excluding carboxylic acids is 1. The summed E-state index contributed by atoms with van der Waals surface area (Å²) in [5.41, 5.74) is 9.19. The lowest BCUT2D eigenvalue weighted by molar-refractivity contribution is -0.141. The number of ether oxygens (including phenoxy) is 4. The van der Waals surface area contributed by atoms with Crippen LogP contribution in [0, 0.1) is 11.3 Å². The molecule has 0 spiro atoms. The number of aryl methyl sites for hydroxylation is 1. The fraction of sp³-hybridized carbons (Fsp3) is 0.290. The van der Waals surface area contributed by atoms with Crippen molar-refractivity contribution < 1.29 is 23.7 Å². The summed E-state index contributed by atoms with van der Waals surface area (Å²) in [6.07, 6.45) is 2.03. The van der Waals surface area contributed by atoms with E-state index in [-0.39, 0.29) is 11.6 Å². The molecule has 2 atom stereocenters. The van der Waals surface area contributed by atoms with Crippen molar-refractivity contribution in [2.45, 2.75) is 52.1 Å². The van der Waals surface area contributed by atoms with E-state index in [0.29, 0.717) is 29.4 Å². The maximum Gasteiger partial charge on any atom is 0.352 e. The number of fused-ring (bicyclic) bond motifs is 1. The summed E-state index contributed by atoms with van der Waals surface area (Å²) in [5, 5.41) is 9.92. The van der Waals surface area contributed by atoms with Gasteiger partial charge in [-0.25, -0.2) is 4.79 Å². The lowest BCUT2D eigenvalue weighted by Gasteiger charge is -2.28. The molecule has 0 fully saturated rings. The van der Waals surface area contributed by atoms with Gasteiger partial charge in [-0.05, 0) is 49.6 Å². The molecule has 0 radical (unpaired) electrons. The van der Waals surface area contributed by atoms with Crippen molar-refractivity contribution in [2.24, 2.45) is 5.73 Å². The van der Waals surface area contributed by atoms with Crippen LogP contribution in [0.5, 0.6) is 23.0 Å². The highest BCUT2D eigenvalue weighted by atomic mass is 16.6.